The van der Waals surface area contributed by atoms with Crippen LogP contribution < -0.4 is 4.90 Å². The van der Waals surface area contributed by atoms with Crippen molar-refractivity contribution < 1.29 is 19.8 Å². The Morgan fingerprint density at radius 1 is 0.931 bits per heavy atom. The summed E-state index contributed by atoms with van der Waals surface area (Å²) in [7, 11) is 0. The number of amides is 1. The molecule has 144 valence electrons. The van der Waals surface area contributed by atoms with E-state index in [0.29, 0.717) is 22.6 Å². The maximum atomic E-state index is 13.0. The number of aryl methyl sites for hydroxylation is 1. The van der Waals surface area contributed by atoms with E-state index < -0.39 is 17.7 Å². The molecule has 0 aliphatic carbocycles. The molecule has 0 saturated carbocycles. The Morgan fingerprint density at radius 3 is 2.28 bits per heavy atom. The number of aliphatic hydroxyl groups excluding tert-OH is 1. The molecule has 1 amide bonds. The topological polar surface area (TPSA) is 90.7 Å². The van der Waals surface area contributed by atoms with Gasteiger partial charge in [0, 0.05) is 11.3 Å². The zero-order valence-corrected chi connectivity index (χ0v) is 15.6. The predicted octanol–water partition coefficient (Wildman–Crippen LogP) is 3.72. The van der Waals surface area contributed by atoms with Crippen molar-refractivity contribution in [3.63, 3.8) is 0 Å². The van der Waals surface area contributed by atoms with E-state index in [1.807, 2.05) is 0 Å². The van der Waals surface area contributed by atoms with Gasteiger partial charge in [0.1, 0.15) is 17.3 Å². The van der Waals surface area contributed by atoms with Gasteiger partial charge in [-0.25, -0.2) is 4.98 Å². The molecule has 0 radical (unpaired) electrons. The molecular formula is C23H18N2O4. The normalized spacial score (nSPS) is 18.2. The van der Waals surface area contributed by atoms with Crippen LogP contribution in [0.5, 0.6) is 5.75 Å². The van der Waals surface area contributed by atoms with Crippen molar-refractivity contribution in [1.82, 2.24) is 4.98 Å². The fourth-order valence-electron chi connectivity index (χ4n) is 3.46. The first kappa shape index (κ1) is 18.4. The van der Waals surface area contributed by atoms with Crippen LogP contribution in [0.3, 0.4) is 0 Å². The Labute approximate surface area is 167 Å². The van der Waals surface area contributed by atoms with Crippen molar-refractivity contribution in [2.45, 2.75) is 13.0 Å². The minimum Gasteiger partial charge on any atom is -0.508 e. The lowest BCUT2D eigenvalue weighted by molar-refractivity contribution is -0.132. The van der Waals surface area contributed by atoms with E-state index in [9.17, 15) is 19.8 Å². The highest BCUT2D eigenvalue weighted by Crippen LogP contribution is 2.41. The summed E-state index contributed by atoms with van der Waals surface area (Å²) in [6.07, 6.45) is 0. The standard InChI is InChI=1S/C23H18N2O4/c1-14-6-5-9-18(24-14)25-20(15-10-12-17(26)13-11-15)19(22(28)23(25)29)21(27)16-7-3-2-4-8-16/h2-13,20,26-27H,1H3/t20-/m1/s1. The van der Waals surface area contributed by atoms with Crippen LogP contribution >= 0.6 is 0 Å². The zero-order valence-electron chi connectivity index (χ0n) is 15.6. The number of benzene rings is 2. The molecule has 6 nitrogen and oxygen atoms in total. The summed E-state index contributed by atoms with van der Waals surface area (Å²) in [6, 6.07) is 19.1. The minimum absolute atomic E-state index is 0.0183. The number of phenols is 1. The summed E-state index contributed by atoms with van der Waals surface area (Å²) in [5, 5.41) is 20.6. The molecule has 1 fully saturated rings. The summed E-state index contributed by atoms with van der Waals surface area (Å²) in [5.41, 5.74) is 1.68. The van der Waals surface area contributed by atoms with Crippen LogP contribution in [0, 0.1) is 6.92 Å². The van der Waals surface area contributed by atoms with Crippen LogP contribution in [0.25, 0.3) is 5.76 Å². The van der Waals surface area contributed by atoms with E-state index >= 15 is 0 Å². The van der Waals surface area contributed by atoms with Gasteiger partial charge >= 0.3 is 5.91 Å². The summed E-state index contributed by atoms with van der Waals surface area (Å²) >= 11 is 0. The number of hydrogen-bond acceptors (Lipinski definition) is 5. The van der Waals surface area contributed by atoms with Gasteiger partial charge in [0.05, 0.1) is 11.6 Å². The van der Waals surface area contributed by atoms with Crippen molar-refractivity contribution in [3.05, 3.63) is 95.2 Å². The number of carbonyl (C=O) groups is 2. The maximum Gasteiger partial charge on any atom is 0.301 e. The lowest BCUT2D eigenvalue weighted by Crippen LogP contribution is -2.30. The van der Waals surface area contributed by atoms with Gasteiger partial charge in [-0.15, -0.1) is 0 Å². The molecule has 1 aliphatic heterocycles. The molecule has 1 atom stereocenters. The summed E-state index contributed by atoms with van der Waals surface area (Å²) in [4.78, 5) is 31.6. The summed E-state index contributed by atoms with van der Waals surface area (Å²) in [5.74, 6) is -1.43. The Bertz CT molecular complexity index is 1120. The Morgan fingerprint density at radius 2 is 1.62 bits per heavy atom. The number of hydrogen-bond donors (Lipinski definition) is 2. The van der Waals surface area contributed by atoms with Crippen LogP contribution in [0.4, 0.5) is 5.82 Å². The molecule has 2 aromatic carbocycles. The van der Waals surface area contributed by atoms with Gasteiger partial charge in [0.15, 0.2) is 0 Å². The fourth-order valence-corrected chi connectivity index (χ4v) is 3.46. The molecule has 4 rings (SSSR count). The van der Waals surface area contributed by atoms with Gasteiger partial charge in [-0.3, -0.25) is 14.5 Å². The van der Waals surface area contributed by atoms with E-state index in [1.54, 1.807) is 67.6 Å². The molecule has 6 heteroatoms. The third-order valence-corrected chi connectivity index (χ3v) is 4.82. The second-order valence-corrected chi connectivity index (χ2v) is 6.76. The molecule has 3 aromatic rings. The molecule has 1 aromatic heterocycles. The van der Waals surface area contributed by atoms with Crippen LogP contribution in [0.2, 0.25) is 0 Å². The van der Waals surface area contributed by atoms with Crippen molar-refractivity contribution >= 4 is 23.3 Å². The number of rotatable bonds is 3. The number of aromatic nitrogens is 1. The van der Waals surface area contributed by atoms with Crippen LogP contribution in [0.1, 0.15) is 22.9 Å². The molecule has 0 unspecified atom stereocenters. The van der Waals surface area contributed by atoms with Crippen molar-refractivity contribution in [1.29, 1.82) is 0 Å². The largest absolute Gasteiger partial charge is 0.508 e. The highest BCUT2D eigenvalue weighted by molar-refractivity contribution is 6.51. The molecule has 2 heterocycles. The number of carbonyl (C=O) groups excluding carboxylic acids is 2. The highest BCUT2D eigenvalue weighted by atomic mass is 16.3. The SMILES string of the molecule is Cc1cccc(N2C(=O)C(=O)C(=C(O)c3ccccc3)[C@H]2c2ccc(O)cc2)n1. The van der Waals surface area contributed by atoms with E-state index in [-0.39, 0.29) is 17.1 Å². The third-order valence-electron chi connectivity index (χ3n) is 4.82. The molecule has 2 N–H and O–H groups in total. The number of Topliss-reactive ketones (excluding diaryl/α,β-unsaturated/α-hetero) is 1. The van der Waals surface area contributed by atoms with E-state index in [0.717, 1.165) is 0 Å². The first-order valence-electron chi connectivity index (χ1n) is 9.06. The van der Waals surface area contributed by atoms with Crippen LogP contribution in [-0.4, -0.2) is 26.9 Å². The fraction of sp³-hybridized carbons (Fsp3) is 0.0870. The van der Waals surface area contributed by atoms with Gasteiger partial charge in [-0.05, 0) is 36.8 Å². The number of phenolic OH excluding ortho intramolecular Hbond substituents is 1. The number of aromatic hydroxyl groups is 1. The maximum absolute atomic E-state index is 13.0. The summed E-state index contributed by atoms with van der Waals surface area (Å²) < 4.78 is 0. The Balaban J connectivity index is 1.96. The first-order chi connectivity index (χ1) is 14.0. The average molecular weight is 386 g/mol. The number of aliphatic hydroxyl groups is 1. The third kappa shape index (κ3) is 3.25. The lowest BCUT2D eigenvalue weighted by atomic mass is 9.95. The molecule has 29 heavy (non-hydrogen) atoms. The number of pyridine rings is 1. The molecular weight excluding hydrogens is 368 g/mol. The monoisotopic (exact) mass is 386 g/mol. The molecule has 1 aliphatic rings. The van der Waals surface area contributed by atoms with Gasteiger partial charge in [0.2, 0.25) is 0 Å². The molecule has 0 bridgehead atoms. The van der Waals surface area contributed by atoms with Crippen LogP contribution in [-0.2, 0) is 9.59 Å². The second kappa shape index (κ2) is 7.24. The smallest absolute Gasteiger partial charge is 0.301 e. The average Bonchev–Trinajstić information content (AvgIpc) is 2.99. The zero-order chi connectivity index (χ0) is 20.5. The lowest BCUT2D eigenvalue weighted by Gasteiger charge is -2.24. The van der Waals surface area contributed by atoms with Gasteiger partial charge in [0.25, 0.3) is 5.78 Å². The quantitative estimate of drug-likeness (QED) is 0.407. The van der Waals surface area contributed by atoms with Crippen molar-refractivity contribution in [3.8, 4) is 5.75 Å². The van der Waals surface area contributed by atoms with Crippen molar-refractivity contribution in [2.24, 2.45) is 0 Å². The number of ketones is 1. The Hall–Kier alpha value is -3.93. The molecule has 0 spiro atoms. The second-order valence-electron chi connectivity index (χ2n) is 6.76. The van der Waals surface area contributed by atoms with E-state index in [2.05, 4.69) is 4.98 Å². The van der Waals surface area contributed by atoms with Gasteiger partial charge < -0.3 is 10.2 Å². The summed E-state index contributed by atoms with van der Waals surface area (Å²) in [6.45, 7) is 1.79. The minimum atomic E-state index is -0.870. The van der Waals surface area contributed by atoms with E-state index in [4.69, 9.17) is 0 Å². The van der Waals surface area contributed by atoms with E-state index in [1.165, 1.54) is 17.0 Å². The highest BCUT2D eigenvalue weighted by Gasteiger charge is 2.47. The van der Waals surface area contributed by atoms with Gasteiger partial charge in [-0.1, -0.05) is 48.5 Å². The molecule has 1 saturated heterocycles. The van der Waals surface area contributed by atoms with Gasteiger partial charge in [-0.2, -0.15) is 0 Å². The number of anilines is 1. The predicted molar refractivity (Wildman–Crippen MR) is 108 cm³/mol. The van der Waals surface area contributed by atoms with Crippen LogP contribution in [0.15, 0.2) is 78.4 Å². The van der Waals surface area contributed by atoms with Crippen molar-refractivity contribution in [2.75, 3.05) is 4.90 Å². The number of nitrogens with zero attached hydrogens (tertiary/aromatic N) is 2. The first-order valence-corrected chi connectivity index (χ1v) is 9.06. The Kier molecular flexibility index (Phi) is 4.60.